The summed E-state index contributed by atoms with van der Waals surface area (Å²) in [4.78, 5) is 28.2. The van der Waals surface area contributed by atoms with Crippen LogP contribution in [0.2, 0.25) is 0 Å². The second-order valence-corrected chi connectivity index (χ2v) is 8.31. The van der Waals surface area contributed by atoms with Crippen LogP contribution in [0.4, 0.5) is 5.69 Å². The van der Waals surface area contributed by atoms with E-state index in [0.717, 1.165) is 5.56 Å². The number of anilines is 1. The minimum Gasteiger partial charge on any atom is -0.493 e. The van der Waals surface area contributed by atoms with Crippen molar-refractivity contribution in [1.82, 2.24) is 0 Å². The Balaban J connectivity index is 2.12. The zero-order valence-corrected chi connectivity index (χ0v) is 17.4. The normalized spacial score (nSPS) is 14.3. The van der Waals surface area contributed by atoms with Crippen LogP contribution in [-0.2, 0) is 9.59 Å². The highest BCUT2D eigenvalue weighted by Gasteiger charge is 2.40. The molecule has 28 heavy (non-hydrogen) atoms. The molecule has 0 atom stereocenters. The van der Waals surface area contributed by atoms with Gasteiger partial charge in [-0.25, -0.2) is 4.90 Å². The Kier molecular flexibility index (Phi) is 5.79. The van der Waals surface area contributed by atoms with Crippen LogP contribution in [-0.4, -0.2) is 31.3 Å². The molecule has 0 bridgehead atoms. The molecular formula is C22H23NO4S. The number of imide groups is 1. The molecule has 0 N–H and O–H groups in total. The van der Waals surface area contributed by atoms with Gasteiger partial charge in [0.2, 0.25) is 0 Å². The van der Waals surface area contributed by atoms with E-state index < -0.39 is 0 Å². The van der Waals surface area contributed by atoms with Gasteiger partial charge in [0.15, 0.2) is 11.5 Å². The Hall–Kier alpha value is -2.73. The fourth-order valence-corrected chi connectivity index (χ4v) is 4.02. The van der Waals surface area contributed by atoms with Crippen LogP contribution in [0.15, 0.2) is 47.4 Å². The molecular weight excluding hydrogens is 374 g/mol. The third-order valence-corrected chi connectivity index (χ3v) is 5.45. The van der Waals surface area contributed by atoms with Crippen LogP contribution >= 0.6 is 11.8 Å². The fourth-order valence-electron chi connectivity index (χ4n) is 3.03. The molecule has 6 heteroatoms. The highest BCUT2D eigenvalue weighted by molar-refractivity contribution is 8.04. The molecule has 146 valence electrons. The SMILES string of the molecule is COc1ccc(C2=C(SC(C)C)C(=O)N(c3ccc(C)cc3)C2=O)cc1OC. The van der Waals surface area contributed by atoms with Gasteiger partial charge in [-0.2, -0.15) is 0 Å². The van der Waals surface area contributed by atoms with Gasteiger partial charge in [-0.3, -0.25) is 9.59 Å². The van der Waals surface area contributed by atoms with Gasteiger partial charge in [-0.05, 0) is 36.8 Å². The highest BCUT2D eigenvalue weighted by atomic mass is 32.2. The van der Waals surface area contributed by atoms with Crippen molar-refractivity contribution in [1.29, 1.82) is 0 Å². The molecule has 0 spiro atoms. The first-order valence-electron chi connectivity index (χ1n) is 8.96. The molecule has 2 aromatic carbocycles. The third-order valence-electron chi connectivity index (χ3n) is 4.36. The summed E-state index contributed by atoms with van der Waals surface area (Å²) in [6.45, 7) is 5.96. The first-order valence-corrected chi connectivity index (χ1v) is 9.84. The molecule has 2 aromatic rings. The number of carbonyl (C=O) groups excluding carboxylic acids is 2. The number of rotatable bonds is 6. The molecule has 2 amide bonds. The Morgan fingerprint density at radius 3 is 2.11 bits per heavy atom. The van der Waals surface area contributed by atoms with Gasteiger partial charge < -0.3 is 9.47 Å². The monoisotopic (exact) mass is 397 g/mol. The average molecular weight is 397 g/mol. The van der Waals surface area contributed by atoms with E-state index in [0.29, 0.717) is 33.2 Å². The number of aryl methyl sites for hydroxylation is 1. The van der Waals surface area contributed by atoms with E-state index in [9.17, 15) is 9.59 Å². The van der Waals surface area contributed by atoms with Gasteiger partial charge in [0.05, 0.1) is 30.4 Å². The summed E-state index contributed by atoms with van der Waals surface area (Å²) < 4.78 is 10.7. The predicted molar refractivity (Wildman–Crippen MR) is 113 cm³/mol. The molecule has 5 nitrogen and oxygen atoms in total. The molecule has 0 aromatic heterocycles. The number of hydrogen-bond acceptors (Lipinski definition) is 5. The maximum Gasteiger partial charge on any atom is 0.272 e. The maximum absolute atomic E-state index is 13.3. The smallest absolute Gasteiger partial charge is 0.272 e. The number of benzene rings is 2. The molecule has 0 saturated carbocycles. The van der Waals surface area contributed by atoms with Gasteiger partial charge in [0, 0.05) is 5.25 Å². The lowest BCUT2D eigenvalue weighted by Crippen LogP contribution is -2.31. The second-order valence-electron chi connectivity index (χ2n) is 6.72. The van der Waals surface area contributed by atoms with Crippen LogP contribution in [0, 0.1) is 6.92 Å². The summed E-state index contributed by atoms with van der Waals surface area (Å²) in [7, 11) is 3.10. The fraction of sp³-hybridized carbons (Fsp3) is 0.273. The largest absolute Gasteiger partial charge is 0.493 e. The van der Waals surface area contributed by atoms with Crippen molar-refractivity contribution in [3.05, 3.63) is 58.5 Å². The summed E-state index contributed by atoms with van der Waals surface area (Å²) in [5.74, 6) is 0.453. The van der Waals surface area contributed by atoms with Crippen LogP contribution < -0.4 is 14.4 Å². The molecule has 3 rings (SSSR count). The third kappa shape index (κ3) is 3.64. The van der Waals surface area contributed by atoms with Gasteiger partial charge >= 0.3 is 0 Å². The molecule has 0 fully saturated rings. The molecule has 1 aliphatic rings. The van der Waals surface area contributed by atoms with Crippen molar-refractivity contribution in [3.63, 3.8) is 0 Å². The van der Waals surface area contributed by atoms with Crippen LogP contribution in [0.25, 0.3) is 5.57 Å². The van der Waals surface area contributed by atoms with Crippen molar-refractivity contribution in [2.75, 3.05) is 19.1 Å². The number of thioether (sulfide) groups is 1. The minimum atomic E-state index is -0.329. The molecule has 0 radical (unpaired) electrons. The number of carbonyl (C=O) groups is 2. The van der Waals surface area contributed by atoms with E-state index in [1.165, 1.54) is 16.7 Å². The Labute approximate surface area is 169 Å². The average Bonchev–Trinajstić information content (AvgIpc) is 2.91. The highest BCUT2D eigenvalue weighted by Crippen LogP contribution is 2.41. The lowest BCUT2D eigenvalue weighted by atomic mass is 10.1. The topological polar surface area (TPSA) is 55.8 Å². The van der Waals surface area contributed by atoms with E-state index in [1.54, 1.807) is 44.6 Å². The zero-order chi connectivity index (χ0) is 20.4. The first-order chi connectivity index (χ1) is 13.4. The molecule has 0 aliphatic carbocycles. The van der Waals surface area contributed by atoms with Crippen molar-refractivity contribution in [3.8, 4) is 11.5 Å². The lowest BCUT2D eigenvalue weighted by molar-refractivity contribution is -0.119. The molecule has 1 heterocycles. The lowest BCUT2D eigenvalue weighted by Gasteiger charge is -2.16. The second kappa shape index (κ2) is 8.10. The summed E-state index contributed by atoms with van der Waals surface area (Å²) in [5, 5.41) is 0.153. The van der Waals surface area contributed by atoms with E-state index in [-0.39, 0.29) is 17.1 Å². The van der Waals surface area contributed by atoms with Gasteiger partial charge in [0.1, 0.15) is 0 Å². The standard InChI is InChI=1S/C22H23NO4S/c1-13(2)28-20-19(15-8-11-17(26-4)18(12-15)27-5)21(24)23(22(20)25)16-9-6-14(3)7-10-16/h6-13H,1-5H3. The Morgan fingerprint density at radius 1 is 0.893 bits per heavy atom. The van der Waals surface area contributed by atoms with Gasteiger partial charge in [0.25, 0.3) is 11.8 Å². The van der Waals surface area contributed by atoms with Crippen molar-refractivity contribution in [2.45, 2.75) is 26.0 Å². The first kappa shape index (κ1) is 20.0. The van der Waals surface area contributed by atoms with Crippen molar-refractivity contribution in [2.24, 2.45) is 0 Å². The molecule has 0 saturated heterocycles. The summed E-state index contributed by atoms with van der Waals surface area (Å²) in [6.07, 6.45) is 0. The predicted octanol–water partition coefficient (Wildman–Crippen LogP) is 4.44. The van der Waals surface area contributed by atoms with E-state index >= 15 is 0 Å². The Morgan fingerprint density at radius 2 is 1.54 bits per heavy atom. The molecule has 1 aliphatic heterocycles. The van der Waals surface area contributed by atoms with E-state index in [2.05, 4.69) is 0 Å². The van der Waals surface area contributed by atoms with E-state index in [1.807, 2.05) is 32.9 Å². The van der Waals surface area contributed by atoms with E-state index in [4.69, 9.17) is 9.47 Å². The summed E-state index contributed by atoms with van der Waals surface area (Å²) in [5.41, 5.74) is 2.66. The van der Waals surface area contributed by atoms with Gasteiger partial charge in [-0.1, -0.05) is 37.6 Å². The van der Waals surface area contributed by atoms with Crippen molar-refractivity contribution >= 4 is 34.8 Å². The number of nitrogens with zero attached hydrogens (tertiary/aromatic N) is 1. The Bertz CT molecular complexity index is 948. The number of hydrogen-bond donors (Lipinski definition) is 0. The number of ether oxygens (including phenoxy) is 2. The maximum atomic E-state index is 13.3. The summed E-state index contributed by atoms with van der Waals surface area (Å²) >= 11 is 1.40. The zero-order valence-electron chi connectivity index (χ0n) is 16.6. The number of amides is 2. The summed E-state index contributed by atoms with van der Waals surface area (Å²) in [6, 6.07) is 12.6. The van der Waals surface area contributed by atoms with Crippen LogP contribution in [0.1, 0.15) is 25.0 Å². The molecule has 0 unspecified atom stereocenters. The minimum absolute atomic E-state index is 0.153. The van der Waals surface area contributed by atoms with Gasteiger partial charge in [-0.15, -0.1) is 11.8 Å². The number of methoxy groups -OCH3 is 2. The van der Waals surface area contributed by atoms with Crippen molar-refractivity contribution < 1.29 is 19.1 Å². The van der Waals surface area contributed by atoms with Crippen LogP contribution in [0.3, 0.4) is 0 Å². The van der Waals surface area contributed by atoms with Crippen LogP contribution in [0.5, 0.6) is 11.5 Å². The quantitative estimate of drug-likeness (QED) is 0.675.